The number of benzene rings is 1. The van der Waals surface area contributed by atoms with E-state index in [1.807, 2.05) is 6.07 Å². The molecule has 0 spiro atoms. The Kier molecular flexibility index (Phi) is 8.27. The minimum absolute atomic E-state index is 0. The summed E-state index contributed by atoms with van der Waals surface area (Å²) < 4.78 is 0.691. The molecule has 0 amide bonds. The van der Waals surface area contributed by atoms with Crippen LogP contribution >= 0.6 is 52.3 Å². The van der Waals surface area contributed by atoms with E-state index in [9.17, 15) is 5.11 Å². The molecule has 2 aliphatic rings. The van der Waals surface area contributed by atoms with Gasteiger partial charge in [-0.2, -0.15) is 0 Å². The van der Waals surface area contributed by atoms with Crippen molar-refractivity contribution in [1.29, 1.82) is 0 Å². The fourth-order valence-corrected chi connectivity index (χ4v) is 3.81. The summed E-state index contributed by atoms with van der Waals surface area (Å²) in [5, 5.41) is 14.5. The lowest BCUT2D eigenvalue weighted by atomic mass is 9.97. The monoisotopic (exact) mass is 430 g/mol. The molecule has 3 nitrogen and oxygen atoms in total. The molecule has 0 bridgehead atoms. The Balaban J connectivity index is 0.00000121. The quantitative estimate of drug-likeness (QED) is 0.740. The maximum Gasteiger partial charge on any atom is 0.134 e. The van der Waals surface area contributed by atoms with Crippen LogP contribution in [0, 0.1) is 5.92 Å². The standard InChI is InChI=1S/C15H20BrClN2O.2ClH/c16-13-9-11(17)8-12(15(13)20)14(7-10-1-2-10)19-5-3-18-4-6-19;;/h8-10,14,18,20H,1-7H2;2*1H/t14-;;/m0../s1. The van der Waals surface area contributed by atoms with Crippen molar-refractivity contribution >= 4 is 52.3 Å². The van der Waals surface area contributed by atoms with E-state index in [1.54, 1.807) is 6.07 Å². The summed E-state index contributed by atoms with van der Waals surface area (Å²) in [7, 11) is 0. The van der Waals surface area contributed by atoms with Gasteiger partial charge in [-0.3, -0.25) is 4.90 Å². The van der Waals surface area contributed by atoms with E-state index >= 15 is 0 Å². The Labute approximate surface area is 157 Å². The molecule has 0 radical (unpaired) electrons. The number of hydrogen-bond acceptors (Lipinski definition) is 3. The van der Waals surface area contributed by atoms with Gasteiger partial charge in [-0.25, -0.2) is 0 Å². The molecule has 1 saturated carbocycles. The van der Waals surface area contributed by atoms with Crippen LogP contribution in [0.5, 0.6) is 5.75 Å². The van der Waals surface area contributed by atoms with Gasteiger partial charge in [0, 0.05) is 42.8 Å². The lowest BCUT2D eigenvalue weighted by molar-refractivity contribution is 0.158. The molecule has 1 heterocycles. The van der Waals surface area contributed by atoms with Crippen LogP contribution in [0.15, 0.2) is 16.6 Å². The second kappa shape index (κ2) is 8.95. The molecule has 2 fully saturated rings. The number of phenols is 1. The number of halogens is 4. The third kappa shape index (κ3) is 4.89. The SMILES string of the molecule is Cl.Cl.Oc1c(Br)cc(Cl)cc1[C@H](CC1CC1)N1CCNCC1. The van der Waals surface area contributed by atoms with Crippen molar-refractivity contribution in [3.63, 3.8) is 0 Å². The Bertz CT molecular complexity index is 494. The lowest BCUT2D eigenvalue weighted by Crippen LogP contribution is -2.45. The number of rotatable bonds is 4. The number of nitrogens with one attached hydrogen (secondary N) is 1. The van der Waals surface area contributed by atoms with E-state index in [4.69, 9.17) is 11.6 Å². The van der Waals surface area contributed by atoms with E-state index in [0.717, 1.165) is 44.1 Å². The minimum atomic E-state index is 0. The maximum absolute atomic E-state index is 10.4. The first-order valence-corrected chi connectivity index (χ1v) is 8.45. The van der Waals surface area contributed by atoms with Crippen LogP contribution in [-0.2, 0) is 0 Å². The number of aromatic hydroxyl groups is 1. The van der Waals surface area contributed by atoms with Crippen LogP contribution in [0.1, 0.15) is 30.9 Å². The number of piperazine rings is 1. The van der Waals surface area contributed by atoms with E-state index in [-0.39, 0.29) is 30.9 Å². The predicted molar refractivity (Wildman–Crippen MR) is 99.8 cm³/mol. The Morgan fingerprint density at radius 3 is 2.50 bits per heavy atom. The van der Waals surface area contributed by atoms with E-state index in [2.05, 4.69) is 26.1 Å². The molecule has 1 atom stereocenters. The molecule has 3 rings (SSSR count). The smallest absolute Gasteiger partial charge is 0.134 e. The van der Waals surface area contributed by atoms with Gasteiger partial charge in [0.05, 0.1) is 4.47 Å². The second-order valence-electron chi connectivity index (χ2n) is 5.81. The first-order chi connectivity index (χ1) is 9.65. The summed E-state index contributed by atoms with van der Waals surface area (Å²) in [5.41, 5.74) is 0.971. The fraction of sp³-hybridized carbons (Fsp3) is 0.600. The largest absolute Gasteiger partial charge is 0.506 e. The molecule has 1 aliphatic carbocycles. The zero-order valence-corrected chi connectivity index (χ0v) is 16.2. The molecule has 1 aromatic carbocycles. The molecule has 7 heteroatoms. The molecule has 0 unspecified atom stereocenters. The zero-order valence-electron chi connectivity index (χ0n) is 12.2. The number of phenolic OH excluding ortho intramolecular Hbond substituents is 1. The van der Waals surface area contributed by atoms with Crippen molar-refractivity contribution in [2.45, 2.75) is 25.3 Å². The molecular formula is C15H22BrCl3N2O. The van der Waals surface area contributed by atoms with Gasteiger partial charge < -0.3 is 10.4 Å². The van der Waals surface area contributed by atoms with Gasteiger partial charge in [-0.15, -0.1) is 24.8 Å². The first kappa shape index (κ1) is 20.3. The highest BCUT2D eigenvalue weighted by molar-refractivity contribution is 9.10. The van der Waals surface area contributed by atoms with Gasteiger partial charge in [0.15, 0.2) is 0 Å². The normalized spacial score (nSPS) is 19.9. The first-order valence-electron chi connectivity index (χ1n) is 7.28. The average Bonchev–Trinajstić information content (AvgIpc) is 3.25. The summed E-state index contributed by atoms with van der Waals surface area (Å²) >= 11 is 9.59. The molecule has 0 aromatic heterocycles. The average molecular weight is 433 g/mol. The van der Waals surface area contributed by atoms with Gasteiger partial charge in [0.2, 0.25) is 0 Å². The highest BCUT2D eigenvalue weighted by atomic mass is 79.9. The van der Waals surface area contributed by atoms with Crippen molar-refractivity contribution in [2.75, 3.05) is 26.2 Å². The zero-order chi connectivity index (χ0) is 14.1. The molecule has 22 heavy (non-hydrogen) atoms. The van der Waals surface area contributed by atoms with Crippen LogP contribution in [0.25, 0.3) is 0 Å². The summed E-state index contributed by atoms with van der Waals surface area (Å²) in [6, 6.07) is 3.96. The van der Waals surface area contributed by atoms with Crippen LogP contribution < -0.4 is 5.32 Å². The van der Waals surface area contributed by atoms with Crippen molar-refractivity contribution in [1.82, 2.24) is 10.2 Å². The van der Waals surface area contributed by atoms with Gasteiger partial charge in [-0.05, 0) is 40.4 Å². The van der Waals surface area contributed by atoms with Crippen molar-refractivity contribution < 1.29 is 5.11 Å². The minimum Gasteiger partial charge on any atom is -0.506 e. The molecular weight excluding hydrogens is 410 g/mol. The van der Waals surface area contributed by atoms with Gasteiger partial charge in [0.25, 0.3) is 0 Å². The van der Waals surface area contributed by atoms with Crippen molar-refractivity contribution in [3.05, 3.63) is 27.2 Å². The summed E-state index contributed by atoms with van der Waals surface area (Å²) in [6.07, 6.45) is 3.77. The van der Waals surface area contributed by atoms with E-state index in [0.29, 0.717) is 15.2 Å². The van der Waals surface area contributed by atoms with Crippen LogP contribution in [0.2, 0.25) is 5.02 Å². The third-order valence-corrected chi connectivity index (χ3v) is 5.09. The highest BCUT2D eigenvalue weighted by Crippen LogP contribution is 2.44. The van der Waals surface area contributed by atoms with Gasteiger partial charge in [0.1, 0.15) is 5.75 Å². The summed E-state index contributed by atoms with van der Waals surface area (Å²) in [6.45, 7) is 4.09. The lowest BCUT2D eigenvalue weighted by Gasteiger charge is -2.36. The van der Waals surface area contributed by atoms with Crippen molar-refractivity contribution in [3.8, 4) is 5.75 Å². The predicted octanol–water partition coefficient (Wildman–Crippen LogP) is 4.40. The Morgan fingerprint density at radius 2 is 1.91 bits per heavy atom. The van der Waals surface area contributed by atoms with Crippen LogP contribution in [-0.4, -0.2) is 36.2 Å². The molecule has 126 valence electrons. The molecule has 2 N–H and O–H groups in total. The van der Waals surface area contributed by atoms with Crippen LogP contribution in [0.3, 0.4) is 0 Å². The summed E-state index contributed by atoms with van der Waals surface area (Å²) in [4.78, 5) is 2.48. The highest BCUT2D eigenvalue weighted by Gasteiger charge is 2.32. The number of nitrogens with zero attached hydrogens (tertiary/aromatic N) is 1. The van der Waals surface area contributed by atoms with Crippen LogP contribution in [0.4, 0.5) is 0 Å². The fourth-order valence-electron chi connectivity index (χ4n) is 2.98. The van der Waals surface area contributed by atoms with Gasteiger partial charge in [-0.1, -0.05) is 24.4 Å². The third-order valence-electron chi connectivity index (χ3n) is 4.26. The van der Waals surface area contributed by atoms with E-state index in [1.165, 1.54) is 12.8 Å². The Hall–Kier alpha value is 0.290. The van der Waals surface area contributed by atoms with Gasteiger partial charge >= 0.3 is 0 Å². The maximum atomic E-state index is 10.4. The van der Waals surface area contributed by atoms with E-state index < -0.39 is 0 Å². The van der Waals surface area contributed by atoms with Crippen molar-refractivity contribution in [2.24, 2.45) is 5.92 Å². The number of hydrogen-bond donors (Lipinski definition) is 2. The Morgan fingerprint density at radius 1 is 1.27 bits per heavy atom. The topological polar surface area (TPSA) is 35.5 Å². The molecule has 1 saturated heterocycles. The molecule has 1 aromatic rings. The summed E-state index contributed by atoms with van der Waals surface area (Å²) in [5.74, 6) is 1.16. The molecule has 1 aliphatic heterocycles. The second-order valence-corrected chi connectivity index (χ2v) is 7.10.